The average molecular weight is 411 g/mol. The molecule has 4 N–H and O–H groups in total. The maximum atomic E-state index is 12.2. The zero-order valence-corrected chi connectivity index (χ0v) is 15.3. The Labute approximate surface area is 161 Å². The summed E-state index contributed by atoms with van der Waals surface area (Å²) in [5, 5.41) is 31.3. The molecule has 0 aliphatic carbocycles. The number of nitrogens with zero attached hydrogens (tertiary/aromatic N) is 2. The third-order valence-corrected chi connectivity index (χ3v) is 5.14. The van der Waals surface area contributed by atoms with Crippen LogP contribution >= 0.6 is 11.3 Å². The molecular weight excluding hydrogens is 394 g/mol. The van der Waals surface area contributed by atoms with E-state index in [0.717, 1.165) is 15.9 Å². The van der Waals surface area contributed by atoms with Crippen molar-refractivity contribution in [2.24, 2.45) is 0 Å². The van der Waals surface area contributed by atoms with Crippen molar-refractivity contribution in [3.8, 4) is 0 Å². The summed E-state index contributed by atoms with van der Waals surface area (Å²) in [7, 11) is 1.23. The van der Waals surface area contributed by atoms with Crippen LogP contribution in [-0.4, -0.2) is 68.8 Å². The summed E-state index contributed by atoms with van der Waals surface area (Å²) in [6.45, 7) is -0.528. The van der Waals surface area contributed by atoms with Crippen molar-refractivity contribution in [1.29, 1.82) is 0 Å². The molecule has 1 amide bonds. The number of aromatic nitrogens is 2. The summed E-state index contributed by atoms with van der Waals surface area (Å²) in [4.78, 5) is 40.1. The van der Waals surface area contributed by atoms with E-state index >= 15 is 0 Å². The topological polar surface area (TPSA) is 160 Å². The maximum Gasteiger partial charge on any atom is 0.351 e. The predicted octanol–water partition coefficient (Wildman–Crippen LogP) is -1.04. The Morgan fingerprint density at radius 1 is 1.29 bits per heavy atom. The molecule has 3 rings (SSSR count). The molecule has 11 nitrogen and oxygen atoms in total. The number of esters is 1. The van der Waals surface area contributed by atoms with Gasteiger partial charge in [-0.05, 0) is 18.2 Å². The minimum absolute atomic E-state index is 0.0500. The summed E-state index contributed by atoms with van der Waals surface area (Å²) in [5.74, 6) is -1.19. The highest BCUT2D eigenvalue weighted by atomic mass is 32.1. The maximum absolute atomic E-state index is 12.2. The van der Waals surface area contributed by atoms with E-state index in [1.807, 2.05) is 0 Å². The van der Waals surface area contributed by atoms with Gasteiger partial charge in [0.2, 0.25) is 0 Å². The first-order chi connectivity index (χ1) is 13.3. The van der Waals surface area contributed by atoms with Gasteiger partial charge in [-0.3, -0.25) is 9.36 Å². The number of carbonyl (C=O) groups is 2. The minimum Gasteiger partial charge on any atom is -0.465 e. The van der Waals surface area contributed by atoms with Crippen LogP contribution in [0.1, 0.15) is 25.6 Å². The lowest BCUT2D eigenvalue weighted by atomic mass is 10.1. The number of ether oxygens (including phenoxy) is 2. The number of anilines is 1. The molecule has 28 heavy (non-hydrogen) atoms. The van der Waals surface area contributed by atoms with Crippen LogP contribution in [0.4, 0.5) is 5.82 Å². The second kappa shape index (κ2) is 8.16. The molecule has 150 valence electrons. The summed E-state index contributed by atoms with van der Waals surface area (Å²) in [6, 6.07) is 4.19. The van der Waals surface area contributed by atoms with Crippen molar-refractivity contribution in [3.63, 3.8) is 0 Å². The molecule has 0 spiro atoms. The standard InChI is InChI=1S/C16H17N3O8S/c1-26-15(24)9-3-2-8(28-9)13(23)17-10-4-5-19(16(25)18-10)14-12(22)11(21)7(6-20)27-14/h2-5,7,11-12,14,20-22H,6H2,1H3,(H,17,18,23,25). The molecule has 1 saturated heterocycles. The van der Waals surface area contributed by atoms with Gasteiger partial charge in [0.15, 0.2) is 6.23 Å². The van der Waals surface area contributed by atoms with Gasteiger partial charge in [-0.2, -0.15) is 4.98 Å². The van der Waals surface area contributed by atoms with E-state index in [0.29, 0.717) is 0 Å². The number of amides is 1. The monoisotopic (exact) mass is 411 g/mol. The number of aliphatic hydroxyl groups excluding tert-OH is 3. The molecule has 2 aromatic heterocycles. The Morgan fingerprint density at radius 3 is 2.61 bits per heavy atom. The Balaban J connectivity index is 1.74. The predicted molar refractivity (Wildman–Crippen MR) is 95.1 cm³/mol. The van der Waals surface area contributed by atoms with E-state index in [2.05, 4.69) is 15.0 Å². The van der Waals surface area contributed by atoms with Gasteiger partial charge in [0.05, 0.1) is 18.6 Å². The fraction of sp³-hybridized carbons (Fsp3) is 0.375. The summed E-state index contributed by atoms with van der Waals surface area (Å²) in [6.07, 6.45) is -3.81. The van der Waals surface area contributed by atoms with Gasteiger partial charge in [0.1, 0.15) is 29.0 Å². The number of hydrogen-bond acceptors (Lipinski definition) is 10. The largest absolute Gasteiger partial charge is 0.465 e. The van der Waals surface area contributed by atoms with Crippen molar-refractivity contribution >= 4 is 29.0 Å². The van der Waals surface area contributed by atoms with Gasteiger partial charge in [-0.1, -0.05) is 0 Å². The lowest BCUT2D eigenvalue weighted by Gasteiger charge is -2.17. The zero-order valence-electron chi connectivity index (χ0n) is 14.5. The van der Waals surface area contributed by atoms with Gasteiger partial charge >= 0.3 is 11.7 Å². The Kier molecular flexibility index (Phi) is 5.86. The third-order valence-electron chi connectivity index (χ3n) is 4.08. The highest BCUT2D eigenvalue weighted by molar-refractivity contribution is 7.16. The van der Waals surface area contributed by atoms with Gasteiger partial charge in [-0.25, -0.2) is 9.59 Å². The van der Waals surface area contributed by atoms with Gasteiger partial charge in [0.25, 0.3) is 5.91 Å². The molecule has 2 aromatic rings. The fourth-order valence-electron chi connectivity index (χ4n) is 2.63. The number of methoxy groups -OCH3 is 1. The number of aliphatic hydroxyl groups is 3. The molecule has 1 fully saturated rings. The molecule has 0 radical (unpaired) electrons. The molecule has 4 atom stereocenters. The van der Waals surface area contributed by atoms with Gasteiger partial charge in [0, 0.05) is 6.20 Å². The Morgan fingerprint density at radius 2 is 2.00 bits per heavy atom. The average Bonchev–Trinajstić information content (AvgIpc) is 3.28. The van der Waals surface area contributed by atoms with Crippen molar-refractivity contribution in [2.45, 2.75) is 24.5 Å². The molecule has 1 aliphatic heterocycles. The van der Waals surface area contributed by atoms with Crippen LogP contribution in [0, 0.1) is 0 Å². The van der Waals surface area contributed by atoms with E-state index in [1.54, 1.807) is 0 Å². The lowest BCUT2D eigenvalue weighted by molar-refractivity contribution is -0.0549. The first-order valence-electron chi connectivity index (χ1n) is 8.07. The minimum atomic E-state index is -1.43. The first kappa shape index (κ1) is 20.1. The third kappa shape index (κ3) is 3.81. The summed E-state index contributed by atoms with van der Waals surface area (Å²) < 4.78 is 10.8. The molecule has 0 bridgehead atoms. The second-order valence-corrected chi connectivity index (χ2v) is 6.92. The van der Waals surface area contributed by atoms with E-state index in [9.17, 15) is 24.6 Å². The lowest BCUT2D eigenvalue weighted by Crippen LogP contribution is -2.36. The fourth-order valence-corrected chi connectivity index (χ4v) is 3.45. The number of hydrogen-bond donors (Lipinski definition) is 4. The number of rotatable bonds is 5. The smallest absolute Gasteiger partial charge is 0.351 e. The number of carbonyl (C=O) groups excluding carboxylic acids is 2. The number of nitrogens with one attached hydrogen (secondary N) is 1. The SMILES string of the molecule is COC(=O)c1ccc(C(=O)Nc2ccn(C3OC(CO)C(O)C3O)c(=O)n2)s1. The number of thiophene rings is 1. The molecule has 0 saturated carbocycles. The van der Waals surface area contributed by atoms with Crippen molar-refractivity contribution in [3.05, 3.63) is 44.6 Å². The van der Waals surface area contributed by atoms with Crippen LogP contribution < -0.4 is 11.0 Å². The Hall–Kier alpha value is -2.64. The van der Waals surface area contributed by atoms with Crippen molar-refractivity contribution in [2.75, 3.05) is 19.0 Å². The second-order valence-electron chi connectivity index (χ2n) is 5.84. The summed E-state index contributed by atoms with van der Waals surface area (Å²) >= 11 is 0.922. The first-order valence-corrected chi connectivity index (χ1v) is 8.88. The summed E-state index contributed by atoms with van der Waals surface area (Å²) in [5.41, 5.74) is -0.839. The highest BCUT2D eigenvalue weighted by Gasteiger charge is 2.43. The van der Waals surface area contributed by atoms with E-state index in [4.69, 9.17) is 9.84 Å². The van der Waals surface area contributed by atoms with Crippen molar-refractivity contribution < 1.29 is 34.4 Å². The van der Waals surface area contributed by atoms with Crippen LogP contribution in [0.2, 0.25) is 0 Å². The molecule has 1 aliphatic rings. The quantitative estimate of drug-likeness (QED) is 0.450. The van der Waals surface area contributed by atoms with Crippen LogP contribution in [-0.2, 0) is 9.47 Å². The Bertz CT molecular complexity index is 942. The van der Waals surface area contributed by atoms with Crippen LogP contribution in [0.3, 0.4) is 0 Å². The van der Waals surface area contributed by atoms with E-state index in [1.165, 1.54) is 31.5 Å². The van der Waals surface area contributed by atoms with Crippen LogP contribution in [0.15, 0.2) is 29.2 Å². The molecular formula is C16H17N3O8S. The molecule has 12 heteroatoms. The van der Waals surface area contributed by atoms with E-state index in [-0.39, 0.29) is 15.6 Å². The van der Waals surface area contributed by atoms with Crippen LogP contribution in [0.25, 0.3) is 0 Å². The van der Waals surface area contributed by atoms with Crippen LogP contribution in [0.5, 0.6) is 0 Å². The molecule has 0 aromatic carbocycles. The highest BCUT2D eigenvalue weighted by Crippen LogP contribution is 2.28. The molecule has 4 unspecified atom stereocenters. The normalized spacial score (nSPS) is 24.1. The van der Waals surface area contributed by atoms with E-state index < -0.39 is 48.7 Å². The van der Waals surface area contributed by atoms with Gasteiger partial charge in [-0.15, -0.1) is 11.3 Å². The zero-order chi connectivity index (χ0) is 20.4. The molecule has 3 heterocycles. The van der Waals surface area contributed by atoms with Crippen molar-refractivity contribution in [1.82, 2.24) is 9.55 Å². The van der Waals surface area contributed by atoms with Gasteiger partial charge < -0.3 is 30.1 Å².